The van der Waals surface area contributed by atoms with Gasteiger partial charge in [0.15, 0.2) is 0 Å². The van der Waals surface area contributed by atoms with Crippen LogP contribution in [0, 0.1) is 7.05 Å². The van der Waals surface area contributed by atoms with Gasteiger partial charge in [-0.15, -0.1) is 0 Å². The number of nitrogens with zero attached hydrogens (tertiary/aromatic N) is 2. The van der Waals surface area contributed by atoms with Gasteiger partial charge in [0.1, 0.15) is 0 Å². The second kappa shape index (κ2) is 2.84. The van der Waals surface area contributed by atoms with Gasteiger partial charge < -0.3 is 4.90 Å². The molecule has 3 nitrogen and oxygen atoms in total. The van der Waals surface area contributed by atoms with Crippen LogP contribution >= 0.6 is 0 Å². The summed E-state index contributed by atoms with van der Waals surface area (Å²) in [5.41, 5.74) is 1.23. The molecule has 0 saturated carbocycles. The summed E-state index contributed by atoms with van der Waals surface area (Å²) in [4.78, 5) is 1.17. The standard InChI is InChI=1S/C7H13N3/c1-9(2)5-7-4-8-10(3)6-7/h4,6,9H,1,5H2,2-3H3. The summed E-state index contributed by atoms with van der Waals surface area (Å²) in [5, 5.41) is 4.05. The van der Waals surface area contributed by atoms with Gasteiger partial charge in [-0.25, -0.2) is 0 Å². The summed E-state index contributed by atoms with van der Waals surface area (Å²) in [6, 6.07) is 0. The van der Waals surface area contributed by atoms with Crippen molar-refractivity contribution < 1.29 is 4.90 Å². The lowest BCUT2D eigenvalue weighted by Crippen LogP contribution is -3.01. The zero-order chi connectivity index (χ0) is 7.56. The summed E-state index contributed by atoms with van der Waals surface area (Å²) < 4.78 is 1.80. The summed E-state index contributed by atoms with van der Waals surface area (Å²) in [6.07, 6.45) is 3.88. The first-order valence-electron chi connectivity index (χ1n) is 3.30. The van der Waals surface area contributed by atoms with Crippen LogP contribution in [0.15, 0.2) is 12.4 Å². The van der Waals surface area contributed by atoms with E-state index < -0.39 is 0 Å². The molecule has 0 fully saturated rings. The van der Waals surface area contributed by atoms with E-state index in [1.165, 1.54) is 10.5 Å². The topological polar surface area (TPSA) is 22.3 Å². The molecular formula is C7H13N3. The predicted octanol–water partition coefficient (Wildman–Crippen LogP) is -0.774. The van der Waals surface area contributed by atoms with Gasteiger partial charge in [0.25, 0.3) is 0 Å². The fourth-order valence-corrected chi connectivity index (χ4v) is 0.912. The van der Waals surface area contributed by atoms with Crippen molar-refractivity contribution in [3.05, 3.63) is 25.0 Å². The normalized spacial score (nSPS) is 13.5. The maximum Gasteiger partial charge on any atom is 0.0817 e. The van der Waals surface area contributed by atoms with Crippen LogP contribution in [-0.2, 0) is 13.6 Å². The Morgan fingerprint density at radius 3 is 2.90 bits per heavy atom. The number of aryl methyl sites for hydroxylation is 1. The Morgan fingerprint density at radius 2 is 2.50 bits per heavy atom. The van der Waals surface area contributed by atoms with Crippen LogP contribution < -0.4 is 4.90 Å². The van der Waals surface area contributed by atoms with Crippen molar-refractivity contribution >= 4 is 0 Å². The Kier molecular flexibility index (Phi) is 2.06. The van der Waals surface area contributed by atoms with E-state index >= 15 is 0 Å². The maximum absolute atomic E-state index is 4.05. The quantitative estimate of drug-likeness (QED) is 0.534. The van der Waals surface area contributed by atoms with Crippen LogP contribution in [0.1, 0.15) is 5.56 Å². The van der Waals surface area contributed by atoms with Crippen molar-refractivity contribution in [1.82, 2.24) is 9.78 Å². The number of hydrogen-bond acceptors (Lipinski definition) is 1. The van der Waals surface area contributed by atoms with Gasteiger partial charge in [-0.2, -0.15) is 12.1 Å². The molecule has 0 aliphatic carbocycles. The molecule has 1 heterocycles. The first-order valence-corrected chi connectivity index (χ1v) is 3.30. The van der Waals surface area contributed by atoms with Crippen molar-refractivity contribution in [2.24, 2.45) is 7.05 Å². The first-order chi connectivity index (χ1) is 4.68. The Balaban J connectivity index is 2.58. The molecular weight excluding hydrogens is 126 g/mol. The summed E-state index contributed by atoms with van der Waals surface area (Å²) in [7, 11) is 7.76. The first kappa shape index (κ1) is 7.28. The fraction of sp³-hybridized carbons (Fsp3) is 0.429. The van der Waals surface area contributed by atoms with Crippen LogP contribution in [0.4, 0.5) is 0 Å². The average Bonchev–Trinajstić information content (AvgIpc) is 2.13. The van der Waals surface area contributed by atoms with Crippen molar-refractivity contribution in [2.45, 2.75) is 6.54 Å². The Bertz CT molecular complexity index is 202. The lowest BCUT2D eigenvalue weighted by molar-refractivity contribution is -0.846. The van der Waals surface area contributed by atoms with Crippen molar-refractivity contribution in [3.8, 4) is 0 Å². The smallest absolute Gasteiger partial charge is 0.0817 e. The van der Waals surface area contributed by atoms with Gasteiger partial charge in [-0.3, -0.25) is 4.68 Å². The summed E-state index contributed by atoms with van der Waals surface area (Å²) in [5.74, 6) is 0. The highest BCUT2D eigenvalue weighted by Gasteiger charge is 1.95. The second-order valence-electron chi connectivity index (χ2n) is 2.66. The highest BCUT2D eigenvalue weighted by molar-refractivity contribution is 5.00. The minimum atomic E-state index is 0.938. The van der Waals surface area contributed by atoms with Gasteiger partial charge in [0, 0.05) is 25.9 Å². The third-order valence-electron chi connectivity index (χ3n) is 1.26. The number of rotatable bonds is 2. The van der Waals surface area contributed by atoms with Crippen LogP contribution in [0.2, 0.25) is 0 Å². The maximum atomic E-state index is 4.05. The SMILES string of the molecule is [CH2-][NH+](C)Cc1cnn(C)c1. The largest absolute Gasteiger partial charge is 0.466 e. The highest BCUT2D eigenvalue weighted by Crippen LogP contribution is 1.91. The lowest BCUT2D eigenvalue weighted by Gasteiger charge is -2.11. The number of aromatic nitrogens is 2. The molecule has 0 aromatic carbocycles. The molecule has 3 heteroatoms. The van der Waals surface area contributed by atoms with E-state index in [0.717, 1.165) is 6.54 Å². The summed E-state index contributed by atoms with van der Waals surface area (Å²) >= 11 is 0. The molecule has 0 aliphatic rings. The minimum Gasteiger partial charge on any atom is -0.466 e. The third kappa shape index (κ3) is 1.84. The van der Waals surface area contributed by atoms with E-state index in [0.29, 0.717) is 0 Å². The van der Waals surface area contributed by atoms with Crippen LogP contribution in [0.25, 0.3) is 0 Å². The van der Waals surface area contributed by atoms with E-state index in [2.05, 4.69) is 12.1 Å². The molecule has 0 spiro atoms. The van der Waals surface area contributed by atoms with E-state index in [1.54, 1.807) is 4.68 Å². The number of nitrogens with one attached hydrogen (secondary N) is 1. The molecule has 0 bridgehead atoms. The molecule has 0 amide bonds. The molecule has 1 N–H and O–H groups in total. The van der Waals surface area contributed by atoms with E-state index in [9.17, 15) is 0 Å². The lowest BCUT2D eigenvalue weighted by atomic mass is 10.3. The second-order valence-corrected chi connectivity index (χ2v) is 2.66. The van der Waals surface area contributed by atoms with Gasteiger partial charge in [-0.1, -0.05) is 0 Å². The van der Waals surface area contributed by atoms with E-state index in [4.69, 9.17) is 0 Å². The third-order valence-corrected chi connectivity index (χ3v) is 1.26. The van der Waals surface area contributed by atoms with E-state index in [-0.39, 0.29) is 0 Å². The Labute approximate surface area is 61.3 Å². The van der Waals surface area contributed by atoms with Crippen molar-refractivity contribution in [1.29, 1.82) is 0 Å². The zero-order valence-electron chi connectivity index (χ0n) is 6.46. The molecule has 1 aromatic heterocycles. The van der Waals surface area contributed by atoms with Crippen LogP contribution in [-0.4, -0.2) is 16.8 Å². The van der Waals surface area contributed by atoms with Gasteiger partial charge in [0.2, 0.25) is 0 Å². The summed E-state index contributed by atoms with van der Waals surface area (Å²) in [6.45, 7) is 0.938. The molecule has 0 radical (unpaired) electrons. The van der Waals surface area contributed by atoms with Gasteiger partial charge in [0.05, 0.1) is 12.7 Å². The fourth-order valence-electron chi connectivity index (χ4n) is 0.912. The average molecular weight is 139 g/mol. The van der Waals surface area contributed by atoms with Gasteiger partial charge >= 0.3 is 0 Å². The molecule has 1 aromatic rings. The Morgan fingerprint density at radius 1 is 1.80 bits per heavy atom. The molecule has 0 saturated heterocycles. The van der Waals surface area contributed by atoms with Crippen molar-refractivity contribution in [3.63, 3.8) is 0 Å². The number of quaternary nitrogens is 1. The van der Waals surface area contributed by atoms with E-state index in [1.807, 2.05) is 26.5 Å². The zero-order valence-corrected chi connectivity index (χ0v) is 6.46. The van der Waals surface area contributed by atoms with Crippen molar-refractivity contribution in [2.75, 3.05) is 7.05 Å². The molecule has 10 heavy (non-hydrogen) atoms. The molecule has 1 atom stereocenters. The highest BCUT2D eigenvalue weighted by atomic mass is 15.2. The monoisotopic (exact) mass is 139 g/mol. The minimum absolute atomic E-state index is 0.938. The number of hydrogen-bond donors (Lipinski definition) is 1. The van der Waals surface area contributed by atoms with Crippen LogP contribution in [0.5, 0.6) is 0 Å². The molecule has 56 valence electrons. The molecule has 1 rings (SSSR count). The molecule has 1 unspecified atom stereocenters. The Hall–Kier alpha value is -0.830. The van der Waals surface area contributed by atoms with Gasteiger partial charge in [-0.05, 0) is 0 Å². The molecule has 0 aliphatic heterocycles. The van der Waals surface area contributed by atoms with Crippen LogP contribution in [0.3, 0.4) is 0 Å². The predicted molar refractivity (Wildman–Crippen MR) is 39.2 cm³/mol.